The van der Waals surface area contributed by atoms with Gasteiger partial charge in [0.05, 0.1) is 13.2 Å². The van der Waals surface area contributed by atoms with E-state index in [0.29, 0.717) is 24.7 Å². The van der Waals surface area contributed by atoms with E-state index in [2.05, 4.69) is 9.71 Å². The van der Waals surface area contributed by atoms with Crippen molar-refractivity contribution in [1.29, 1.82) is 0 Å². The number of aliphatic hydroxyl groups excluding tert-OH is 1. The van der Waals surface area contributed by atoms with Crippen LogP contribution in [0.3, 0.4) is 0 Å². The minimum atomic E-state index is -3.59. The van der Waals surface area contributed by atoms with Gasteiger partial charge in [-0.15, -0.1) is 0 Å². The molecule has 0 atom stereocenters. The molecule has 0 bridgehead atoms. The molecule has 0 spiro atoms. The van der Waals surface area contributed by atoms with Gasteiger partial charge in [-0.25, -0.2) is 18.1 Å². The van der Waals surface area contributed by atoms with Gasteiger partial charge in [-0.05, 0) is 30.4 Å². The molecule has 6 nitrogen and oxygen atoms in total. The van der Waals surface area contributed by atoms with E-state index in [1.165, 1.54) is 31.2 Å². The molecule has 1 heterocycles. The summed E-state index contributed by atoms with van der Waals surface area (Å²) in [7, 11) is -3.59. The fourth-order valence-electron chi connectivity index (χ4n) is 1.52. The van der Waals surface area contributed by atoms with Crippen molar-refractivity contribution in [3.63, 3.8) is 0 Å². The SMILES string of the molecule is O=S(=O)(NCCOCC1CC1)c1ccc(CO)cn1. The van der Waals surface area contributed by atoms with Crippen molar-refractivity contribution < 1.29 is 18.3 Å². The van der Waals surface area contributed by atoms with Crippen molar-refractivity contribution >= 4 is 10.0 Å². The van der Waals surface area contributed by atoms with Gasteiger partial charge in [0.25, 0.3) is 10.0 Å². The third-order valence-corrected chi connectivity index (χ3v) is 4.22. The predicted molar refractivity (Wildman–Crippen MR) is 68.9 cm³/mol. The number of aromatic nitrogens is 1. The van der Waals surface area contributed by atoms with E-state index in [4.69, 9.17) is 9.84 Å². The van der Waals surface area contributed by atoms with Crippen LogP contribution in [0.4, 0.5) is 0 Å². The van der Waals surface area contributed by atoms with Gasteiger partial charge in [0.1, 0.15) is 0 Å². The molecule has 1 saturated carbocycles. The quantitative estimate of drug-likeness (QED) is 0.670. The van der Waals surface area contributed by atoms with Crippen molar-refractivity contribution in [2.24, 2.45) is 5.92 Å². The standard InChI is InChI=1S/C12H18N2O4S/c15-8-11-3-4-12(13-7-11)19(16,17)14-5-6-18-9-10-1-2-10/h3-4,7,10,14-15H,1-2,5-6,8-9H2. The summed E-state index contributed by atoms with van der Waals surface area (Å²) in [4.78, 5) is 3.81. The monoisotopic (exact) mass is 286 g/mol. The van der Waals surface area contributed by atoms with E-state index in [0.717, 1.165) is 0 Å². The summed E-state index contributed by atoms with van der Waals surface area (Å²) in [5, 5.41) is 8.81. The van der Waals surface area contributed by atoms with Crippen LogP contribution in [0.5, 0.6) is 0 Å². The van der Waals surface area contributed by atoms with E-state index in [1.807, 2.05) is 0 Å². The van der Waals surface area contributed by atoms with Gasteiger partial charge in [-0.3, -0.25) is 0 Å². The fraction of sp³-hybridized carbons (Fsp3) is 0.583. The van der Waals surface area contributed by atoms with Crippen molar-refractivity contribution in [1.82, 2.24) is 9.71 Å². The Balaban J connectivity index is 1.78. The van der Waals surface area contributed by atoms with Gasteiger partial charge in [0, 0.05) is 19.3 Å². The summed E-state index contributed by atoms with van der Waals surface area (Å²) in [6.07, 6.45) is 3.78. The van der Waals surface area contributed by atoms with Crippen LogP contribution in [-0.4, -0.2) is 38.3 Å². The van der Waals surface area contributed by atoms with Crippen LogP contribution in [-0.2, 0) is 21.4 Å². The molecular weight excluding hydrogens is 268 g/mol. The van der Waals surface area contributed by atoms with Crippen LogP contribution in [0, 0.1) is 5.92 Å². The maximum atomic E-state index is 11.8. The molecule has 106 valence electrons. The Bertz CT molecular complexity index is 497. The number of nitrogens with one attached hydrogen (secondary N) is 1. The summed E-state index contributed by atoms with van der Waals surface area (Å²) in [6, 6.07) is 2.91. The van der Waals surface area contributed by atoms with Gasteiger partial charge in [-0.1, -0.05) is 6.07 Å². The van der Waals surface area contributed by atoms with E-state index >= 15 is 0 Å². The van der Waals surface area contributed by atoms with Crippen LogP contribution >= 0.6 is 0 Å². The molecular formula is C12H18N2O4S. The number of hydrogen-bond acceptors (Lipinski definition) is 5. The normalized spacial score (nSPS) is 15.6. The molecule has 1 aromatic rings. The number of nitrogens with zero attached hydrogens (tertiary/aromatic N) is 1. The second-order valence-electron chi connectivity index (χ2n) is 4.58. The zero-order chi connectivity index (χ0) is 13.7. The lowest BCUT2D eigenvalue weighted by Gasteiger charge is -2.07. The molecule has 1 aliphatic carbocycles. The zero-order valence-electron chi connectivity index (χ0n) is 10.6. The average Bonchev–Trinajstić information content (AvgIpc) is 3.22. The van der Waals surface area contributed by atoms with E-state index in [9.17, 15) is 8.42 Å². The van der Waals surface area contributed by atoms with Crippen LogP contribution in [0.1, 0.15) is 18.4 Å². The molecule has 0 radical (unpaired) electrons. The second kappa shape index (κ2) is 6.42. The molecule has 0 unspecified atom stereocenters. The van der Waals surface area contributed by atoms with Gasteiger partial charge in [0.2, 0.25) is 0 Å². The Hall–Kier alpha value is -1.02. The second-order valence-corrected chi connectivity index (χ2v) is 6.29. The molecule has 0 aromatic carbocycles. The van der Waals surface area contributed by atoms with E-state index < -0.39 is 10.0 Å². The highest BCUT2D eigenvalue weighted by molar-refractivity contribution is 7.89. The van der Waals surface area contributed by atoms with Gasteiger partial charge in [0.15, 0.2) is 5.03 Å². The van der Waals surface area contributed by atoms with Crippen LogP contribution in [0.15, 0.2) is 23.4 Å². The Morgan fingerprint density at radius 2 is 2.21 bits per heavy atom. The van der Waals surface area contributed by atoms with E-state index in [1.54, 1.807) is 0 Å². The first-order valence-corrected chi connectivity index (χ1v) is 7.73. The van der Waals surface area contributed by atoms with Crippen LogP contribution in [0.25, 0.3) is 0 Å². The average molecular weight is 286 g/mol. The summed E-state index contributed by atoms with van der Waals surface area (Å²) < 4.78 is 31.5. The first-order valence-electron chi connectivity index (χ1n) is 6.25. The Morgan fingerprint density at radius 1 is 1.42 bits per heavy atom. The lowest BCUT2D eigenvalue weighted by atomic mass is 10.3. The first-order chi connectivity index (χ1) is 9.12. The summed E-state index contributed by atoms with van der Waals surface area (Å²) in [5.74, 6) is 0.671. The van der Waals surface area contributed by atoms with Crippen molar-refractivity contribution in [2.75, 3.05) is 19.8 Å². The molecule has 0 amide bonds. The summed E-state index contributed by atoms with van der Waals surface area (Å²) >= 11 is 0. The van der Waals surface area contributed by atoms with E-state index in [-0.39, 0.29) is 18.2 Å². The molecule has 2 N–H and O–H groups in total. The van der Waals surface area contributed by atoms with Gasteiger partial charge >= 0.3 is 0 Å². The number of aliphatic hydroxyl groups is 1. The smallest absolute Gasteiger partial charge is 0.258 e. The summed E-state index contributed by atoms with van der Waals surface area (Å²) in [6.45, 7) is 1.16. The topological polar surface area (TPSA) is 88.5 Å². The number of sulfonamides is 1. The molecule has 1 fully saturated rings. The zero-order valence-corrected chi connectivity index (χ0v) is 11.4. The fourth-order valence-corrected chi connectivity index (χ4v) is 2.46. The first kappa shape index (κ1) is 14.4. The minimum absolute atomic E-state index is 0.0492. The molecule has 0 aliphatic heterocycles. The van der Waals surface area contributed by atoms with Crippen LogP contribution in [0.2, 0.25) is 0 Å². The van der Waals surface area contributed by atoms with Gasteiger partial charge < -0.3 is 9.84 Å². The molecule has 0 saturated heterocycles. The van der Waals surface area contributed by atoms with Gasteiger partial charge in [-0.2, -0.15) is 0 Å². The maximum absolute atomic E-state index is 11.8. The highest BCUT2D eigenvalue weighted by atomic mass is 32.2. The summed E-state index contributed by atoms with van der Waals surface area (Å²) in [5.41, 5.74) is 0.576. The number of hydrogen-bond donors (Lipinski definition) is 2. The molecule has 1 aliphatic rings. The number of rotatable bonds is 8. The Kier molecular flexibility index (Phi) is 4.87. The third kappa shape index (κ3) is 4.54. The highest BCUT2D eigenvalue weighted by Crippen LogP contribution is 2.28. The molecule has 2 rings (SSSR count). The molecule has 19 heavy (non-hydrogen) atoms. The predicted octanol–water partition coefficient (Wildman–Crippen LogP) is 0.279. The lowest BCUT2D eigenvalue weighted by molar-refractivity contribution is 0.129. The lowest BCUT2D eigenvalue weighted by Crippen LogP contribution is -2.28. The largest absolute Gasteiger partial charge is 0.392 e. The maximum Gasteiger partial charge on any atom is 0.258 e. The number of ether oxygens (including phenoxy) is 1. The third-order valence-electron chi connectivity index (χ3n) is 2.84. The highest BCUT2D eigenvalue weighted by Gasteiger charge is 2.21. The van der Waals surface area contributed by atoms with Crippen molar-refractivity contribution in [2.45, 2.75) is 24.5 Å². The Morgan fingerprint density at radius 3 is 2.79 bits per heavy atom. The van der Waals surface area contributed by atoms with Crippen molar-refractivity contribution in [3.05, 3.63) is 23.9 Å². The van der Waals surface area contributed by atoms with Crippen LogP contribution < -0.4 is 4.72 Å². The number of pyridine rings is 1. The molecule has 7 heteroatoms. The molecule has 1 aromatic heterocycles. The van der Waals surface area contributed by atoms with Crippen molar-refractivity contribution in [3.8, 4) is 0 Å². The minimum Gasteiger partial charge on any atom is -0.392 e. The Labute approximate surface area is 112 Å².